The van der Waals surface area contributed by atoms with Gasteiger partial charge < -0.3 is 9.64 Å². The number of ether oxygens (including phenoxy) is 1. The zero-order valence-corrected chi connectivity index (χ0v) is 17.3. The fourth-order valence-corrected chi connectivity index (χ4v) is 5.43. The van der Waals surface area contributed by atoms with E-state index in [2.05, 4.69) is 4.90 Å². The van der Waals surface area contributed by atoms with E-state index in [1.54, 1.807) is 12.1 Å². The van der Waals surface area contributed by atoms with E-state index in [-0.39, 0.29) is 24.0 Å². The zero-order chi connectivity index (χ0) is 17.9. The van der Waals surface area contributed by atoms with Gasteiger partial charge in [0.15, 0.2) is 6.10 Å². The Morgan fingerprint density at radius 1 is 1.04 bits per heavy atom. The molecule has 0 amide bonds. The van der Waals surface area contributed by atoms with Crippen LogP contribution in [-0.4, -0.2) is 42.2 Å². The van der Waals surface area contributed by atoms with Gasteiger partial charge in [0, 0.05) is 13.0 Å². The summed E-state index contributed by atoms with van der Waals surface area (Å²) in [6, 6.07) is 7.19. The van der Waals surface area contributed by atoms with E-state index in [4.69, 9.17) is 4.74 Å². The molecule has 0 aliphatic carbocycles. The number of hydrogen-bond acceptors (Lipinski definition) is 6. The first-order valence-electron chi connectivity index (χ1n) is 9.03. The van der Waals surface area contributed by atoms with Gasteiger partial charge >= 0.3 is 0 Å². The molecule has 4 rings (SSSR count). The summed E-state index contributed by atoms with van der Waals surface area (Å²) >= 11 is 2.89. The summed E-state index contributed by atoms with van der Waals surface area (Å²) in [6.07, 6.45) is 3.73. The molecular formula is C20H22ClNO3S2. The van der Waals surface area contributed by atoms with Crippen molar-refractivity contribution in [3.63, 3.8) is 0 Å². The van der Waals surface area contributed by atoms with Gasteiger partial charge in [0.05, 0.1) is 15.4 Å². The van der Waals surface area contributed by atoms with Crippen molar-refractivity contribution in [3.05, 3.63) is 50.5 Å². The number of thioether (sulfide) groups is 2. The fourth-order valence-electron chi connectivity index (χ4n) is 3.56. The molecule has 144 valence electrons. The second kappa shape index (κ2) is 9.32. The lowest BCUT2D eigenvalue weighted by molar-refractivity contribution is -0.121. The number of piperidine rings is 1. The molecule has 3 aliphatic rings. The number of benzene rings is 1. The summed E-state index contributed by atoms with van der Waals surface area (Å²) in [4.78, 5) is 28.7. The van der Waals surface area contributed by atoms with Crippen LogP contribution in [0.5, 0.6) is 5.75 Å². The molecular weight excluding hydrogens is 402 g/mol. The molecule has 0 N–H and O–H groups in total. The van der Waals surface area contributed by atoms with Crippen molar-refractivity contribution in [2.75, 3.05) is 19.6 Å². The topological polar surface area (TPSA) is 46.6 Å². The van der Waals surface area contributed by atoms with Gasteiger partial charge in [0.25, 0.3) is 0 Å². The standard InChI is InChI=1S/C20H21NO3S2.ClH/c22-18-14-6-2-3-7-15(14)24-16(8-11-21-9-4-1-5-10-21)19(23)17(18)20-25-12-13-26-20;/h2-3,6-7,12-13,16H,1,4-5,8-11H2;1H. The van der Waals surface area contributed by atoms with Crippen molar-refractivity contribution in [2.45, 2.75) is 31.8 Å². The molecule has 1 saturated heterocycles. The van der Waals surface area contributed by atoms with Crippen molar-refractivity contribution in [1.82, 2.24) is 4.90 Å². The third kappa shape index (κ3) is 4.45. The summed E-state index contributed by atoms with van der Waals surface area (Å²) in [5, 5.41) is 3.82. The van der Waals surface area contributed by atoms with Crippen LogP contribution in [0.1, 0.15) is 36.0 Å². The Bertz CT molecular complexity index is 777. The van der Waals surface area contributed by atoms with E-state index in [0.29, 0.717) is 23.3 Å². The lowest BCUT2D eigenvalue weighted by Gasteiger charge is -2.27. The maximum atomic E-state index is 13.2. The Morgan fingerprint density at radius 3 is 2.48 bits per heavy atom. The first-order valence-corrected chi connectivity index (χ1v) is 10.8. The third-order valence-corrected chi connectivity index (χ3v) is 7.06. The Labute approximate surface area is 174 Å². The monoisotopic (exact) mass is 423 g/mol. The van der Waals surface area contributed by atoms with Crippen LogP contribution in [0.25, 0.3) is 0 Å². The summed E-state index contributed by atoms with van der Waals surface area (Å²) < 4.78 is 6.82. The van der Waals surface area contributed by atoms with Crippen molar-refractivity contribution >= 4 is 47.5 Å². The highest BCUT2D eigenvalue weighted by Gasteiger charge is 2.37. The number of para-hydroxylation sites is 1. The van der Waals surface area contributed by atoms with Crippen LogP contribution in [0, 0.1) is 0 Å². The number of likely N-dealkylation sites (tertiary alicyclic amines) is 1. The second-order valence-electron chi connectivity index (χ2n) is 6.66. The molecule has 0 aromatic heterocycles. The van der Waals surface area contributed by atoms with Crippen molar-refractivity contribution in [1.29, 1.82) is 0 Å². The average molecular weight is 424 g/mol. The van der Waals surface area contributed by atoms with Crippen molar-refractivity contribution < 1.29 is 14.3 Å². The molecule has 3 aliphatic heterocycles. The quantitative estimate of drug-likeness (QED) is 0.520. The number of halogens is 1. The minimum atomic E-state index is -0.603. The van der Waals surface area contributed by atoms with Crippen LogP contribution in [0.3, 0.4) is 0 Å². The number of Topliss-reactive ketones (excluding diaryl/α,β-unsaturated/α-hetero) is 2. The van der Waals surface area contributed by atoms with E-state index >= 15 is 0 Å². The van der Waals surface area contributed by atoms with Crippen LogP contribution in [0.15, 0.2) is 44.9 Å². The Kier molecular flexibility index (Phi) is 7.09. The number of carbonyl (C=O) groups excluding carboxylic acids is 2. The number of nitrogens with zero attached hydrogens (tertiary/aromatic N) is 1. The van der Waals surface area contributed by atoms with E-state index in [0.717, 1.165) is 23.9 Å². The first-order chi connectivity index (χ1) is 12.7. The molecule has 0 radical (unpaired) electrons. The largest absolute Gasteiger partial charge is 0.481 e. The zero-order valence-electron chi connectivity index (χ0n) is 14.9. The highest BCUT2D eigenvalue weighted by molar-refractivity contribution is 8.27. The van der Waals surface area contributed by atoms with Crippen LogP contribution >= 0.6 is 35.9 Å². The van der Waals surface area contributed by atoms with Gasteiger partial charge in [-0.15, -0.1) is 12.4 Å². The Hall–Kier alpha value is -1.21. The molecule has 1 atom stereocenters. The van der Waals surface area contributed by atoms with Gasteiger partial charge in [0.1, 0.15) is 5.75 Å². The molecule has 3 heterocycles. The summed E-state index contributed by atoms with van der Waals surface area (Å²) in [5.74, 6) is 0.123. The normalized spacial score (nSPS) is 22.9. The van der Waals surface area contributed by atoms with Gasteiger partial charge in [-0.3, -0.25) is 9.59 Å². The summed E-state index contributed by atoms with van der Waals surface area (Å²) in [7, 11) is 0. The molecule has 0 spiro atoms. The first kappa shape index (κ1) is 20.5. The van der Waals surface area contributed by atoms with Crippen molar-refractivity contribution in [3.8, 4) is 5.75 Å². The van der Waals surface area contributed by atoms with Gasteiger partial charge in [-0.2, -0.15) is 0 Å². The molecule has 1 aromatic rings. The predicted octanol–water partition coefficient (Wildman–Crippen LogP) is 4.66. The minimum absolute atomic E-state index is 0. The third-order valence-electron chi connectivity index (χ3n) is 4.93. The van der Waals surface area contributed by atoms with Gasteiger partial charge in [0.2, 0.25) is 11.6 Å². The van der Waals surface area contributed by atoms with E-state index < -0.39 is 6.10 Å². The number of fused-ring (bicyclic) bond motifs is 1. The number of carbonyl (C=O) groups is 2. The van der Waals surface area contributed by atoms with E-state index in [1.807, 2.05) is 22.9 Å². The average Bonchev–Trinajstić information content (AvgIpc) is 3.17. The maximum absolute atomic E-state index is 13.2. The molecule has 1 aromatic carbocycles. The van der Waals surface area contributed by atoms with E-state index in [1.165, 1.54) is 42.8 Å². The molecule has 27 heavy (non-hydrogen) atoms. The Morgan fingerprint density at radius 2 is 1.74 bits per heavy atom. The van der Waals surface area contributed by atoms with Gasteiger partial charge in [-0.25, -0.2) is 0 Å². The highest BCUT2D eigenvalue weighted by atomic mass is 35.5. The molecule has 0 saturated carbocycles. The number of rotatable bonds is 3. The van der Waals surface area contributed by atoms with E-state index in [9.17, 15) is 9.59 Å². The molecule has 4 nitrogen and oxygen atoms in total. The summed E-state index contributed by atoms with van der Waals surface area (Å²) in [5.41, 5.74) is 0.774. The van der Waals surface area contributed by atoms with Gasteiger partial charge in [-0.1, -0.05) is 42.1 Å². The van der Waals surface area contributed by atoms with Gasteiger partial charge in [-0.05, 0) is 48.9 Å². The second-order valence-corrected chi connectivity index (χ2v) is 8.75. The number of ketones is 2. The maximum Gasteiger partial charge on any atom is 0.208 e. The summed E-state index contributed by atoms with van der Waals surface area (Å²) in [6.45, 7) is 2.99. The molecule has 0 bridgehead atoms. The SMILES string of the molecule is Cl.O=C1C(=C2SC=CS2)C(=O)C(CCN2CCCCC2)Oc2ccccc21. The van der Waals surface area contributed by atoms with Crippen LogP contribution in [-0.2, 0) is 4.79 Å². The number of hydrogen-bond donors (Lipinski definition) is 0. The predicted molar refractivity (Wildman–Crippen MR) is 114 cm³/mol. The molecule has 1 unspecified atom stereocenters. The van der Waals surface area contributed by atoms with Crippen LogP contribution in [0.4, 0.5) is 0 Å². The minimum Gasteiger partial charge on any atom is -0.481 e. The van der Waals surface area contributed by atoms with Crippen LogP contribution < -0.4 is 4.74 Å². The smallest absolute Gasteiger partial charge is 0.208 e. The molecule has 7 heteroatoms. The fraction of sp³-hybridized carbons (Fsp3) is 0.400. The lowest BCUT2D eigenvalue weighted by Crippen LogP contribution is -2.36. The molecule has 1 fully saturated rings. The lowest BCUT2D eigenvalue weighted by atomic mass is 9.98. The highest BCUT2D eigenvalue weighted by Crippen LogP contribution is 2.43. The Balaban J connectivity index is 0.00000210. The van der Waals surface area contributed by atoms with Crippen molar-refractivity contribution in [2.24, 2.45) is 0 Å². The van der Waals surface area contributed by atoms with Crippen LogP contribution in [0.2, 0.25) is 0 Å².